The van der Waals surface area contributed by atoms with Crippen molar-refractivity contribution in [3.63, 3.8) is 0 Å². The number of carbonyl (C=O) groups excluding carboxylic acids is 2. The second kappa shape index (κ2) is 9.43. The highest BCUT2D eigenvalue weighted by molar-refractivity contribution is 5.96. The Bertz CT molecular complexity index is 813. The number of methoxy groups -OCH3 is 1. The zero-order valence-corrected chi connectivity index (χ0v) is 15.9. The molecule has 1 amide bonds. The lowest BCUT2D eigenvalue weighted by atomic mass is 10.2. The average Bonchev–Trinajstić information content (AvgIpc) is 2.66. The first-order valence-corrected chi connectivity index (χ1v) is 8.50. The molecule has 0 aromatic heterocycles. The molecule has 2 aromatic rings. The van der Waals surface area contributed by atoms with Crippen molar-refractivity contribution in [2.75, 3.05) is 31.4 Å². The monoisotopic (exact) mass is 368 g/mol. The standard InChI is InChI=1S/C21H24N2O4/c1-15(21(25)22-17-9-11-18(12-10-17)23(2)3)27-20(24)13-8-16-6-5-7-19(14-16)26-4/h5-15H,1-4H3,(H,22,25)/b13-8+. The lowest BCUT2D eigenvalue weighted by Crippen LogP contribution is -2.29. The fourth-order valence-electron chi connectivity index (χ4n) is 2.26. The molecule has 6 heteroatoms. The smallest absolute Gasteiger partial charge is 0.331 e. The minimum Gasteiger partial charge on any atom is -0.497 e. The normalized spacial score (nSPS) is 11.7. The van der Waals surface area contributed by atoms with E-state index >= 15 is 0 Å². The molecule has 2 aromatic carbocycles. The van der Waals surface area contributed by atoms with Crippen LogP contribution in [0.1, 0.15) is 12.5 Å². The van der Waals surface area contributed by atoms with Gasteiger partial charge in [-0.1, -0.05) is 12.1 Å². The molecule has 0 bridgehead atoms. The Morgan fingerprint density at radius 1 is 1.11 bits per heavy atom. The molecule has 0 saturated carbocycles. The summed E-state index contributed by atoms with van der Waals surface area (Å²) in [6, 6.07) is 14.6. The number of ether oxygens (including phenoxy) is 2. The van der Waals surface area contributed by atoms with Crippen molar-refractivity contribution in [2.24, 2.45) is 0 Å². The van der Waals surface area contributed by atoms with E-state index in [1.165, 1.54) is 13.0 Å². The Hall–Kier alpha value is -3.28. The molecule has 1 atom stereocenters. The summed E-state index contributed by atoms with van der Waals surface area (Å²) < 4.78 is 10.3. The number of hydrogen-bond donors (Lipinski definition) is 1. The van der Waals surface area contributed by atoms with Gasteiger partial charge in [0.1, 0.15) is 5.75 Å². The summed E-state index contributed by atoms with van der Waals surface area (Å²) in [5.41, 5.74) is 2.46. The van der Waals surface area contributed by atoms with Crippen molar-refractivity contribution in [3.05, 3.63) is 60.2 Å². The molecule has 27 heavy (non-hydrogen) atoms. The van der Waals surface area contributed by atoms with Crippen LogP contribution in [-0.2, 0) is 14.3 Å². The second-order valence-corrected chi connectivity index (χ2v) is 6.12. The van der Waals surface area contributed by atoms with Crippen LogP contribution in [0.3, 0.4) is 0 Å². The number of nitrogens with zero attached hydrogens (tertiary/aromatic N) is 1. The van der Waals surface area contributed by atoms with E-state index in [9.17, 15) is 9.59 Å². The zero-order chi connectivity index (χ0) is 19.8. The van der Waals surface area contributed by atoms with E-state index in [-0.39, 0.29) is 0 Å². The molecule has 0 radical (unpaired) electrons. The van der Waals surface area contributed by atoms with E-state index < -0.39 is 18.0 Å². The van der Waals surface area contributed by atoms with Crippen molar-refractivity contribution < 1.29 is 19.1 Å². The molecular weight excluding hydrogens is 344 g/mol. The van der Waals surface area contributed by atoms with Crippen molar-refractivity contribution in [2.45, 2.75) is 13.0 Å². The van der Waals surface area contributed by atoms with Gasteiger partial charge in [0.25, 0.3) is 5.91 Å². The van der Waals surface area contributed by atoms with Gasteiger partial charge in [0.15, 0.2) is 6.10 Å². The summed E-state index contributed by atoms with van der Waals surface area (Å²) in [6.07, 6.45) is 1.97. The van der Waals surface area contributed by atoms with E-state index in [0.717, 1.165) is 11.3 Å². The van der Waals surface area contributed by atoms with Crippen molar-refractivity contribution in [1.82, 2.24) is 0 Å². The number of esters is 1. The predicted octanol–water partition coefficient (Wildman–Crippen LogP) is 3.34. The van der Waals surface area contributed by atoms with E-state index in [2.05, 4.69) is 5.32 Å². The van der Waals surface area contributed by atoms with Crippen LogP contribution >= 0.6 is 0 Å². The van der Waals surface area contributed by atoms with E-state index in [1.54, 1.807) is 31.4 Å². The Kier molecular flexibility index (Phi) is 7.00. The van der Waals surface area contributed by atoms with Crippen LogP contribution in [0.15, 0.2) is 54.6 Å². The maximum Gasteiger partial charge on any atom is 0.331 e. The average molecular weight is 368 g/mol. The maximum atomic E-state index is 12.2. The Morgan fingerprint density at radius 3 is 2.44 bits per heavy atom. The third-order valence-corrected chi connectivity index (χ3v) is 3.82. The third kappa shape index (κ3) is 6.18. The first-order valence-electron chi connectivity index (χ1n) is 8.50. The molecule has 1 unspecified atom stereocenters. The highest BCUT2D eigenvalue weighted by Gasteiger charge is 2.16. The topological polar surface area (TPSA) is 67.9 Å². The molecule has 0 aliphatic heterocycles. The summed E-state index contributed by atoms with van der Waals surface area (Å²) in [5.74, 6) is -0.294. The van der Waals surface area contributed by atoms with Crippen molar-refractivity contribution in [3.8, 4) is 5.75 Å². The van der Waals surface area contributed by atoms with Crippen LogP contribution in [0.25, 0.3) is 6.08 Å². The lowest BCUT2D eigenvalue weighted by Gasteiger charge is -2.15. The number of carbonyl (C=O) groups is 2. The van der Waals surface area contributed by atoms with Gasteiger partial charge in [-0.25, -0.2) is 4.79 Å². The number of hydrogen-bond acceptors (Lipinski definition) is 5. The van der Waals surface area contributed by atoms with Crippen molar-refractivity contribution >= 4 is 29.3 Å². The second-order valence-electron chi connectivity index (χ2n) is 6.12. The van der Waals surface area contributed by atoms with E-state index in [1.807, 2.05) is 49.3 Å². The fourth-order valence-corrected chi connectivity index (χ4v) is 2.26. The molecule has 6 nitrogen and oxygen atoms in total. The molecule has 0 aliphatic rings. The zero-order valence-electron chi connectivity index (χ0n) is 15.9. The Balaban J connectivity index is 1.89. The molecule has 0 spiro atoms. The Labute approximate surface area is 159 Å². The summed E-state index contributed by atoms with van der Waals surface area (Å²) in [7, 11) is 5.45. The molecule has 0 fully saturated rings. The summed E-state index contributed by atoms with van der Waals surface area (Å²) >= 11 is 0. The number of anilines is 2. The van der Waals surface area contributed by atoms with Gasteiger partial charge in [-0.05, 0) is 55.0 Å². The van der Waals surface area contributed by atoms with E-state index in [0.29, 0.717) is 11.4 Å². The largest absolute Gasteiger partial charge is 0.497 e. The van der Waals surface area contributed by atoms with Gasteiger partial charge >= 0.3 is 5.97 Å². The SMILES string of the molecule is COc1cccc(/C=C/C(=O)OC(C)C(=O)Nc2ccc(N(C)C)cc2)c1. The van der Waals surface area contributed by atoms with Crippen molar-refractivity contribution in [1.29, 1.82) is 0 Å². The Morgan fingerprint density at radius 2 is 1.81 bits per heavy atom. The van der Waals surface area contributed by atoms with Crippen LogP contribution in [-0.4, -0.2) is 39.2 Å². The fraction of sp³-hybridized carbons (Fsp3) is 0.238. The third-order valence-electron chi connectivity index (χ3n) is 3.82. The minimum absolute atomic E-state index is 0.393. The summed E-state index contributed by atoms with van der Waals surface area (Å²) in [5, 5.41) is 2.73. The predicted molar refractivity (Wildman–Crippen MR) is 107 cm³/mol. The molecule has 2 rings (SSSR count). The molecule has 0 aliphatic carbocycles. The molecular formula is C21H24N2O4. The van der Waals surface area contributed by atoms with E-state index in [4.69, 9.17) is 9.47 Å². The molecule has 1 N–H and O–H groups in total. The summed E-state index contributed by atoms with van der Waals surface area (Å²) in [6.45, 7) is 1.53. The van der Waals surface area contributed by atoms with Gasteiger partial charge in [0.2, 0.25) is 0 Å². The number of benzene rings is 2. The number of amides is 1. The van der Waals surface area contributed by atoms with Gasteiger partial charge in [-0.3, -0.25) is 4.79 Å². The first kappa shape index (κ1) is 20.0. The first-order chi connectivity index (χ1) is 12.9. The molecule has 0 heterocycles. The van der Waals surface area contributed by atoms with Crippen LogP contribution < -0.4 is 15.0 Å². The highest BCUT2D eigenvalue weighted by Crippen LogP contribution is 2.16. The lowest BCUT2D eigenvalue weighted by molar-refractivity contribution is -0.148. The molecule has 0 saturated heterocycles. The minimum atomic E-state index is -0.916. The molecule has 142 valence electrons. The number of nitrogens with one attached hydrogen (secondary N) is 1. The van der Waals surface area contributed by atoms with Gasteiger partial charge in [0.05, 0.1) is 7.11 Å². The van der Waals surface area contributed by atoms with Crippen LogP contribution in [0, 0.1) is 0 Å². The maximum absolute atomic E-state index is 12.2. The summed E-state index contributed by atoms with van der Waals surface area (Å²) in [4.78, 5) is 26.1. The quantitative estimate of drug-likeness (QED) is 0.600. The van der Waals surface area contributed by atoms with Crippen LogP contribution in [0.4, 0.5) is 11.4 Å². The highest BCUT2D eigenvalue weighted by atomic mass is 16.5. The van der Waals surface area contributed by atoms with Gasteiger partial charge in [0, 0.05) is 31.5 Å². The number of rotatable bonds is 7. The van der Waals surface area contributed by atoms with Gasteiger partial charge < -0.3 is 19.7 Å². The van der Waals surface area contributed by atoms with Gasteiger partial charge in [-0.2, -0.15) is 0 Å². The van der Waals surface area contributed by atoms with Crippen LogP contribution in [0.2, 0.25) is 0 Å². The van der Waals surface area contributed by atoms with Crippen LogP contribution in [0.5, 0.6) is 5.75 Å². The van der Waals surface area contributed by atoms with Gasteiger partial charge in [-0.15, -0.1) is 0 Å².